The Morgan fingerprint density at radius 2 is 1.46 bits per heavy atom. The van der Waals surface area contributed by atoms with E-state index in [1.165, 1.54) is 34.9 Å². The summed E-state index contributed by atoms with van der Waals surface area (Å²) in [5, 5.41) is 14.5. The first-order chi connectivity index (χ1) is 22.2. The summed E-state index contributed by atoms with van der Waals surface area (Å²) < 4.78 is 33.2. The van der Waals surface area contributed by atoms with Crippen molar-refractivity contribution in [3.63, 3.8) is 0 Å². The van der Waals surface area contributed by atoms with E-state index in [-0.39, 0.29) is 22.6 Å². The summed E-state index contributed by atoms with van der Waals surface area (Å²) in [6, 6.07) is 27.6. The predicted octanol–water partition coefficient (Wildman–Crippen LogP) is 6.85. The summed E-state index contributed by atoms with van der Waals surface area (Å²) in [6.07, 6.45) is 2.70. The number of anilines is 1. The van der Waals surface area contributed by atoms with Crippen molar-refractivity contribution in [1.29, 1.82) is 0 Å². The minimum atomic E-state index is -3.72. The van der Waals surface area contributed by atoms with Crippen LogP contribution in [0.25, 0.3) is 10.9 Å². The Hall–Kier alpha value is -4.22. The molecule has 0 unspecified atom stereocenters. The first kappa shape index (κ1) is 31.7. The molecule has 1 saturated heterocycles. The molecule has 6 rings (SSSR count). The fourth-order valence-electron chi connectivity index (χ4n) is 5.69. The first-order valence-electron chi connectivity index (χ1n) is 14.6. The summed E-state index contributed by atoms with van der Waals surface area (Å²) in [6.45, 7) is 0.169. The smallest absolute Gasteiger partial charge is 0.341 e. The second-order valence-corrected chi connectivity index (χ2v) is 13.8. The molecule has 236 valence electrons. The van der Waals surface area contributed by atoms with Gasteiger partial charge in [-0.05, 0) is 90.2 Å². The van der Waals surface area contributed by atoms with Crippen LogP contribution in [0.1, 0.15) is 35.4 Å². The van der Waals surface area contributed by atoms with Gasteiger partial charge in [0.1, 0.15) is 17.9 Å². The Labute approximate surface area is 276 Å². The van der Waals surface area contributed by atoms with Crippen molar-refractivity contribution in [2.75, 3.05) is 25.0 Å². The van der Waals surface area contributed by atoms with E-state index in [0.717, 1.165) is 27.6 Å². The molecule has 0 radical (unpaired) electrons. The van der Waals surface area contributed by atoms with Crippen LogP contribution in [0.15, 0.2) is 102 Å². The third-order valence-electron chi connectivity index (χ3n) is 8.02. The molecule has 9 nitrogen and oxygen atoms in total. The second kappa shape index (κ2) is 13.6. The number of rotatable bonds is 10. The van der Waals surface area contributed by atoms with Crippen LogP contribution in [0.2, 0.25) is 10.0 Å². The van der Waals surface area contributed by atoms with Gasteiger partial charge in [0, 0.05) is 40.5 Å². The number of piperidine rings is 1. The number of aromatic nitrogens is 2. The van der Waals surface area contributed by atoms with Crippen LogP contribution in [0.4, 0.5) is 5.82 Å². The van der Waals surface area contributed by atoms with Gasteiger partial charge in [-0.15, -0.1) is 0 Å². The largest absolute Gasteiger partial charge is 0.482 e. The zero-order valence-electron chi connectivity index (χ0n) is 24.5. The van der Waals surface area contributed by atoms with Gasteiger partial charge in [-0.1, -0.05) is 53.5 Å². The molecular formula is C34H30Cl2N4O5S. The van der Waals surface area contributed by atoms with Crippen LogP contribution < -0.4 is 10.1 Å². The van der Waals surface area contributed by atoms with Gasteiger partial charge in [0.25, 0.3) is 0 Å². The van der Waals surface area contributed by atoms with E-state index in [4.69, 9.17) is 33.0 Å². The van der Waals surface area contributed by atoms with E-state index >= 15 is 0 Å². The Morgan fingerprint density at radius 3 is 2.04 bits per heavy atom. The van der Waals surface area contributed by atoms with Crippen molar-refractivity contribution in [2.45, 2.75) is 29.7 Å². The van der Waals surface area contributed by atoms with E-state index in [0.29, 0.717) is 41.8 Å². The number of carbonyl (C=O) groups is 1. The van der Waals surface area contributed by atoms with Gasteiger partial charge in [0.2, 0.25) is 10.0 Å². The molecule has 5 aromatic rings. The maximum atomic E-state index is 13.3. The number of carboxylic acids is 1. The number of sulfonamides is 1. The first-order valence-corrected chi connectivity index (χ1v) is 16.8. The number of benzene rings is 4. The van der Waals surface area contributed by atoms with Gasteiger partial charge in [0.05, 0.1) is 10.4 Å². The third kappa shape index (κ3) is 7.10. The number of ether oxygens (including phenoxy) is 1. The molecule has 0 aliphatic carbocycles. The zero-order chi connectivity index (χ0) is 32.3. The van der Waals surface area contributed by atoms with Gasteiger partial charge in [-0.25, -0.2) is 23.2 Å². The number of halogens is 2. The quantitative estimate of drug-likeness (QED) is 0.154. The molecule has 0 saturated carbocycles. The molecule has 2 N–H and O–H groups in total. The molecule has 2 heterocycles. The molecular weight excluding hydrogens is 647 g/mol. The summed E-state index contributed by atoms with van der Waals surface area (Å²) in [5.74, 6) is -0.213. The lowest BCUT2D eigenvalue weighted by atomic mass is 9.84. The van der Waals surface area contributed by atoms with E-state index < -0.39 is 22.6 Å². The number of hydrogen-bond donors (Lipinski definition) is 2. The predicted molar refractivity (Wildman–Crippen MR) is 178 cm³/mol. The standard InChI is InChI=1S/C34H30Cl2N4O5S/c35-25-6-1-22(2-7-25)33(23-3-8-26(36)9-4-23)24-5-14-31-30(19-24)34(38-21-37-31)39-27-15-17-40(18-16-27)46(43,44)29-12-10-28(11-13-29)45-20-32(41)42/h1-14,19,21,27,33H,15-18,20H2,(H,41,42)(H,37,38,39). The summed E-state index contributed by atoms with van der Waals surface area (Å²) in [4.78, 5) is 19.9. The molecule has 4 aromatic carbocycles. The average Bonchev–Trinajstić information content (AvgIpc) is 3.06. The number of fused-ring (bicyclic) bond motifs is 1. The van der Waals surface area contributed by atoms with E-state index in [2.05, 4.69) is 27.4 Å². The fourth-order valence-corrected chi connectivity index (χ4v) is 7.41. The molecule has 1 aromatic heterocycles. The highest BCUT2D eigenvalue weighted by Crippen LogP contribution is 2.36. The number of nitrogens with zero attached hydrogens (tertiary/aromatic N) is 3. The summed E-state index contributed by atoms with van der Waals surface area (Å²) in [7, 11) is -3.72. The van der Waals surface area contributed by atoms with Crippen molar-refractivity contribution in [2.24, 2.45) is 0 Å². The lowest BCUT2D eigenvalue weighted by molar-refractivity contribution is -0.139. The number of nitrogens with one attached hydrogen (secondary N) is 1. The van der Waals surface area contributed by atoms with Crippen LogP contribution in [-0.4, -0.2) is 59.5 Å². The van der Waals surface area contributed by atoms with Crippen molar-refractivity contribution >= 4 is 55.9 Å². The van der Waals surface area contributed by atoms with Crippen molar-refractivity contribution in [1.82, 2.24) is 14.3 Å². The summed E-state index contributed by atoms with van der Waals surface area (Å²) >= 11 is 12.4. The average molecular weight is 678 g/mol. The minimum Gasteiger partial charge on any atom is -0.482 e. The normalized spacial score (nSPS) is 14.4. The van der Waals surface area contributed by atoms with Crippen molar-refractivity contribution in [3.8, 4) is 5.75 Å². The Bertz CT molecular complexity index is 1900. The van der Waals surface area contributed by atoms with Crippen molar-refractivity contribution < 1.29 is 23.1 Å². The van der Waals surface area contributed by atoms with Gasteiger partial charge < -0.3 is 15.2 Å². The van der Waals surface area contributed by atoms with Crippen molar-refractivity contribution in [3.05, 3.63) is 124 Å². The molecule has 12 heteroatoms. The highest BCUT2D eigenvalue weighted by atomic mass is 35.5. The molecule has 46 heavy (non-hydrogen) atoms. The zero-order valence-corrected chi connectivity index (χ0v) is 26.8. The lowest BCUT2D eigenvalue weighted by Gasteiger charge is -2.32. The van der Waals surface area contributed by atoms with Crippen LogP contribution in [0, 0.1) is 0 Å². The SMILES string of the molecule is O=C(O)COc1ccc(S(=O)(=O)N2CCC(Nc3ncnc4ccc(C(c5ccc(Cl)cc5)c5ccc(Cl)cc5)cc34)CC2)cc1. The lowest BCUT2D eigenvalue weighted by Crippen LogP contribution is -2.42. The van der Waals surface area contributed by atoms with Gasteiger partial charge >= 0.3 is 5.97 Å². The summed E-state index contributed by atoms with van der Waals surface area (Å²) in [5.41, 5.74) is 4.00. The second-order valence-electron chi connectivity index (χ2n) is 11.0. The van der Waals surface area contributed by atoms with Crippen LogP contribution in [-0.2, 0) is 14.8 Å². The molecule has 0 spiro atoms. The van der Waals surface area contributed by atoms with Crippen LogP contribution in [0.5, 0.6) is 5.75 Å². The number of carboxylic acid groups (broad SMARTS) is 1. The van der Waals surface area contributed by atoms with Gasteiger partial charge in [0.15, 0.2) is 6.61 Å². The highest BCUT2D eigenvalue weighted by molar-refractivity contribution is 7.89. The Kier molecular flexibility index (Phi) is 9.42. The Morgan fingerprint density at radius 1 is 0.870 bits per heavy atom. The van der Waals surface area contributed by atoms with Gasteiger partial charge in [-0.2, -0.15) is 4.31 Å². The Balaban J connectivity index is 1.20. The minimum absolute atomic E-state index is 0.00308. The molecule has 0 atom stereocenters. The van der Waals surface area contributed by atoms with E-state index in [9.17, 15) is 13.2 Å². The maximum absolute atomic E-state index is 13.3. The van der Waals surface area contributed by atoms with E-state index in [1.54, 1.807) is 0 Å². The van der Waals surface area contributed by atoms with Crippen LogP contribution in [0.3, 0.4) is 0 Å². The van der Waals surface area contributed by atoms with Gasteiger partial charge in [-0.3, -0.25) is 0 Å². The maximum Gasteiger partial charge on any atom is 0.341 e. The monoisotopic (exact) mass is 676 g/mol. The molecule has 1 fully saturated rings. The fraction of sp³-hybridized carbons (Fsp3) is 0.206. The topological polar surface area (TPSA) is 122 Å². The molecule has 0 amide bonds. The molecule has 0 bridgehead atoms. The third-order valence-corrected chi connectivity index (χ3v) is 10.4. The number of hydrogen-bond acceptors (Lipinski definition) is 7. The highest BCUT2D eigenvalue weighted by Gasteiger charge is 2.30. The molecule has 1 aliphatic rings. The molecule has 1 aliphatic heterocycles. The number of aliphatic carboxylic acids is 1. The van der Waals surface area contributed by atoms with Crippen LogP contribution >= 0.6 is 23.2 Å². The van der Waals surface area contributed by atoms with E-state index in [1.807, 2.05) is 54.6 Å².